The zero-order chi connectivity index (χ0) is 26.1. The van der Waals surface area contributed by atoms with E-state index in [1.54, 1.807) is 23.2 Å². The van der Waals surface area contributed by atoms with Gasteiger partial charge in [0.25, 0.3) is 0 Å². The molecule has 1 saturated carbocycles. The predicted octanol–water partition coefficient (Wildman–Crippen LogP) is 5.52. The number of halogens is 3. The molecule has 4 rings (SSSR count). The second kappa shape index (κ2) is 10.4. The Morgan fingerprint density at radius 2 is 1.83 bits per heavy atom. The fourth-order valence-corrected chi connectivity index (χ4v) is 6.17. The van der Waals surface area contributed by atoms with Gasteiger partial charge in [-0.15, -0.1) is 0 Å². The molecule has 2 aliphatic rings. The summed E-state index contributed by atoms with van der Waals surface area (Å²) in [6, 6.07) is 7.09. The van der Waals surface area contributed by atoms with Crippen molar-refractivity contribution in [2.45, 2.75) is 80.4 Å². The van der Waals surface area contributed by atoms with E-state index < -0.39 is 22.9 Å². The van der Waals surface area contributed by atoms with Crippen LogP contribution in [0.5, 0.6) is 0 Å². The molecule has 1 unspecified atom stereocenters. The van der Waals surface area contributed by atoms with Crippen LogP contribution < -0.4 is 10.6 Å². The van der Waals surface area contributed by atoms with Gasteiger partial charge in [-0.25, -0.2) is 4.98 Å². The van der Waals surface area contributed by atoms with Crippen LogP contribution in [0.4, 0.5) is 24.7 Å². The largest absolute Gasteiger partial charge is 0.446 e. The minimum absolute atomic E-state index is 0.0595. The number of ketones is 1. The van der Waals surface area contributed by atoms with E-state index in [4.69, 9.17) is 5.73 Å². The second-order valence-corrected chi connectivity index (χ2v) is 11.2. The number of anilines is 2. The summed E-state index contributed by atoms with van der Waals surface area (Å²) in [5, 5.41) is 0. The van der Waals surface area contributed by atoms with Crippen molar-refractivity contribution in [2.24, 2.45) is 0 Å². The van der Waals surface area contributed by atoms with Crippen molar-refractivity contribution in [1.29, 1.82) is 0 Å². The Morgan fingerprint density at radius 1 is 1.17 bits per heavy atom. The number of aromatic nitrogens is 1. The van der Waals surface area contributed by atoms with Gasteiger partial charge in [-0.3, -0.25) is 14.5 Å². The SMILES string of the molecule is CC1(C)C(C(=O)C=O)N(c2ccc(SC(F)(F)F)cc2)CN1Cc1ccnc(N)c1C1CCCCC1. The molecule has 0 bridgehead atoms. The Bertz CT molecular complexity index is 1100. The van der Waals surface area contributed by atoms with Crippen LogP contribution in [-0.2, 0) is 16.1 Å². The Hall–Kier alpha value is -2.59. The van der Waals surface area contributed by atoms with Gasteiger partial charge in [0.05, 0.1) is 6.67 Å². The van der Waals surface area contributed by atoms with E-state index in [1.807, 2.05) is 19.9 Å². The van der Waals surface area contributed by atoms with Gasteiger partial charge in [-0.05, 0) is 80.3 Å². The monoisotopic (exact) mass is 520 g/mol. The smallest absolute Gasteiger partial charge is 0.383 e. The van der Waals surface area contributed by atoms with Crippen LogP contribution in [0.25, 0.3) is 0 Å². The molecule has 1 saturated heterocycles. The number of hydrogen-bond donors (Lipinski definition) is 1. The van der Waals surface area contributed by atoms with E-state index in [2.05, 4.69) is 9.88 Å². The fraction of sp³-hybridized carbons (Fsp3) is 0.500. The van der Waals surface area contributed by atoms with Gasteiger partial charge < -0.3 is 10.6 Å². The summed E-state index contributed by atoms with van der Waals surface area (Å²) < 4.78 is 38.3. The molecule has 0 spiro atoms. The molecule has 194 valence electrons. The van der Waals surface area contributed by atoms with Crippen molar-refractivity contribution in [3.8, 4) is 0 Å². The van der Waals surface area contributed by atoms with E-state index in [9.17, 15) is 22.8 Å². The molecule has 36 heavy (non-hydrogen) atoms. The van der Waals surface area contributed by atoms with Crippen molar-refractivity contribution in [2.75, 3.05) is 17.3 Å². The maximum atomic E-state index is 12.8. The first-order chi connectivity index (χ1) is 17.0. The van der Waals surface area contributed by atoms with Crippen molar-refractivity contribution in [3.63, 3.8) is 0 Å². The number of Topliss-reactive ketones (excluding diaryl/α,β-unsaturated/α-hetero) is 1. The molecule has 2 fully saturated rings. The summed E-state index contributed by atoms with van der Waals surface area (Å²) in [7, 11) is 0. The second-order valence-electron chi connectivity index (χ2n) is 10.0. The molecule has 1 aliphatic carbocycles. The number of nitrogens with two attached hydrogens (primary N) is 1. The van der Waals surface area contributed by atoms with Crippen molar-refractivity contribution in [3.05, 3.63) is 47.7 Å². The third-order valence-corrected chi connectivity index (χ3v) is 8.13. The lowest BCUT2D eigenvalue weighted by molar-refractivity contribution is -0.131. The first-order valence-corrected chi connectivity index (χ1v) is 12.9. The van der Waals surface area contributed by atoms with Crippen LogP contribution >= 0.6 is 11.8 Å². The van der Waals surface area contributed by atoms with Crippen molar-refractivity contribution < 1.29 is 22.8 Å². The van der Waals surface area contributed by atoms with E-state index in [-0.39, 0.29) is 16.7 Å². The average molecular weight is 521 g/mol. The number of hydrogen-bond acceptors (Lipinski definition) is 7. The maximum absolute atomic E-state index is 12.8. The Morgan fingerprint density at radius 3 is 2.44 bits per heavy atom. The summed E-state index contributed by atoms with van der Waals surface area (Å²) in [6.07, 6.45) is 7.67. The molecule has 1 aromatic carbocycles. The van der Waals surface area contributed by atoms with Crippen LogP contribution in [0.15, 0.2) is 41.4 Å². The highest BCUT2D eigenvalue weighted by Crippen LogP contribution is 2.42. The molecule has 2 N–H and O–H groups in total. The zero-order valence-electron chi connectivity index (χ0n) is 20.4. The number of alkyl halides is 3. The summed E-state index contributed by atoms with van der Waals surface area (Å²) in [5.74, 6) is 0.305. The summed E-state index contributed by atoms with van der Waals surface area (Å²) in [4.78, 5) is 32.7. The number of benzene rings is 1. The topological polar surface area (TPSA) is 79.5 Å². The third-order valence-electron chi connectivity index (χ3n) is 7.39. The number of pyridine rings is 1. The van der Waals surface area contributed by atoms with E-state index in [1.165, 1.54) is 18.6 Å². The van der Waals surface area contributed by atoms with Crippen molar-refractivity contribution >= 4 is 35.3 Å². The summed E-state index contributed by atoms with van der Waals surface area (Å²) >= 11 is -0.188. The lowest BCUT2D eigenvalue weighted by Crippen LogP contribution is -2.51. The quantitative estimate of drug-likeness (QED) is 0.293. The van der Waals surface area contributed by atoms with Crippen LogP contribution in [0, 0.1) is 0 Å². The normalized spacial score (nSPS) is 21.0. The Balaban J connectivity index is 1.64. The lowest BCUT2D eigenvalue weighted by atomic mass is 9.82. The fourth-order valence-electron chi connectivity index (χ4n) is 5.63. The maximum Gasteiger partial charge on any atom is 0.446 e. The molecular weight excluding hydrogens is 489 g/mol. The van der Waals surface area contributed by atoms with E-state index >= 15 is 0 Å². The Kier molecular flexibility index (Phi) is 7.66. The van der Waals surface area contributed by atoms with Gasteiger partial charge in [0.15, 0.2) is 6.29 Å². The van der Waals surface area contributed by atoms with Gasteiger partial charge in [0.2, 0.25) is 5.78 Å². The average Bonchev–Trinajstić information content (AvgIpc) is 3.08. The molecular formula is C26H31F3N4O2S. The van der Waals surface area contributed by atoms with E-state index in [0.29, 0.717) is 36.9 Å². The lowest BCUT2D eigenvalue weighted by Gasteiger charge is -2.35. The van der Waals surface area contributed by atoms with Gasteiger partial charge in [0.1, 0.15) is 11.9 Å². The van der Waals surface area contributed by atoms with Gasteiger partial charge >= 0.3 is 5.51 Å². The first kappa shape index (κ1) is 26.5. The molecule has 1 aromatic heterocycles. The highest BCUT2D eigenvalue weighted by atomic mass is 32.2. The molecule has 0 amide bonds. The molecule has 1 aliphatic heterocycles. The highest BCUT2D eigenvalue weighted by molar-refractivity contribution is 8.00. The first-order valence-electron chi connectivity index (χ1n) is 12.1. The standard InChI is InChI=1S/C26H31F3N4O2S/c1-25(2)23(21(35)15-34)33(19-8-10-20(11-9-19)36-26(27,28)29)16-32(25)14-18-12-13-31-24(30)22(18)17-6-4-3-5-7-17/h8-13,15,17,23H,3-7,14,16H2,1-2H3,(H2,30,31). The summed E-state index contributed by atoms with van der Waals surface area (Å²) in [5.41, 5.74) is 3.94. The minimum atomic E-state index is -4.38. The number of thioether (sulfide) groups is 1. The van der Waals surface area contributed by atoms with Crippen LogP contribution in [0.1, 0.15) is 63.0 Å². The van der Waals surface area contributed by atoms with Crippen LogP contribution in [0.3, 0.4) is 0 Å². The number of carbonyl (C=O) groups excluding carboxylic acids is 2. The molecule has 0 radical (unpaired) electrons. The van der Waals surface area contributed by atoms with Crippen molar-refractivity contribution in [1.82, 2.24) is 9.88 Å². The predicted molar refractivity (Wildman–Crippen MR) is 135 cm³/mol. The van der Waals surface area contributed by atoms with Gasteiger partial charge in [-0.1, -0.05) is 19.3 Å². The molecule has 2 aromatic rings. The number of carbonyl (C=O) groups is 2. The molecule has 1 atom stereocenters. The molecule has 6 nitrogen and oxygen atoms in total. The Labute approximate surface area is 213 Å². The molecule has 2 heterocycles. The van der Waals surface area contributed by atoms with Crippen LogP contribution in [-0.4, -0.2) is 45.7 Å². The number of nitrogens with zero attached hydrogens (tertiary/aromatic N) is 3. The number of rotatable bonds is 7. The highest BCUT2D eigenvalue weighted by Gasteiger charge is 2.50. The van der Waals surface area contributed by atoms with E-state index in [0.717, 1.165) is 36.8 Å². The summed E-state index contributed by atoms with van der Waals surface area (Å²) in [6.45, 7) is 4.66. The zero-order valence-corrected chi connectivity index (χ0v) is 21.2. The number of nitrogen functional groups attached to an aromatic ring is 1. The number of aldehydes is 1. The van der Waals surface area contributed by atoms with Crippen LogP contribution in [0.2, 0.25) is 0 Å². The third kappa shape index (κ3) is 5.54. The van der Waals surface area contributed by atoms with Gasteiger partial charge in [0, 0.05) is 34.4 Å². The minimum Gasteiger partial charge on any atom is -0.383 e. The molecule has 10 heteroatoms. The van der Waals surface area contributed by atoms with Gasteiger partial charge in [-0.2, -0.15) is 13.2 Å².